The van der Waals surface area contributed by atoms with Crippen LogP contribution in [0.2, 0.25) is 0 Å². The van der Waals surface area contributed by atoms with Gasteiger partial charge in [0.1, 0.15) is 0 Å². The standard InChI is InChI=1S/C15H28O4/c1-3-5-7-12(10-14(16)17)9-13(8-6-4-2)11-15(18)19/h12-13H,3-11H2,1-2H3,(H,16,17)(H,18,19). The molecule has 112 valence electrons. The van der Waals surface area contributed by atoms with Crippen molar-refractivity contribution in [3.8, 4) is 0 Å². The summed E-state index contributed by atoms with van der Waals surface area (Å²) in [6.07, 6.45) is 7.00. The van der Waals surface area contributed by atoms with E-state index in [0.29, 0.717) is 0 Å². The Hall–Kier alpha value is -1.06. The van der Waals surface area contributed by atoms with Gasteiger partial charge in [-0.15, -0.1) is 0 Å². The van der Waals surface area contributed by atoms with Crippen molar-refractivity contribution >= 4 is 11.9 Å². The summed E-state index contributed by atoms with van der Waals surface area (Å²) in [6, 6.07) is 0. The van der Waals surface area contributed by atoms with Gasteiger partial charge < -0.3 is 10.2 Å². The first-order chi connectivity index (χ1) is 8.99. The molecule has 0 amide bonds. The molecule has 0 saturated carbocycles. The molecule has 0 aromatic heterocycles. The maximum Gasteiger partial charge on any atom is 0.303 e. The minimum Gasteiger partial charge on any atom is -0.481 e. The number of aliphatic carboxylic acids is 2. The number of carboxylic acid groups (broad SMARTS) is 2. The van der Waals surface area contributed by atoms with Crippen LogP contribution in [0.3, 0.4) is 0 Å². The molecular formula is C15H28O4. The fourth-order valence-corrected chi connectivity index (χ4v) is 2.56. The summed E-state index contributed by atoms with van der Waals surface area (Å²) in [4.78, 5) is 21.7. The van der Waals surface area contributed by atoms with Crippen molar-refractivity contribution in [1.29, 1.82) is 0 Å². The summed E-state index contributed by atoms with van der Waals surface area (Å²) in [5.74, 6) is -1.30. The minimum atomic E-state index is -0.773. The Kier molecular flexibility index (Phi) is 10.2. The summed E-state index contributed by atoms with van der Waals surface area (Å²) in [7, 11) is 0. The minimum absolute atomic E-state index is 0.124. The second kappa shape index (κ2) is 10.8. The van der Waals surface area contributed by atoms with Crippen molar-refractivity contribution < 1.29 is 19.8 Å². The quantitative estimate of drug-likeness (QED) is 0.564. The lowest BCUT2D eigenvalue weighted by Crippen LogP contribution is -2.16. The smallest absolute Gasteiger partial charge is 0.303 e. The van der Waals surface area contributed by atoms with Gasteiger partial charge in [0.2, 0.25) is 0 Å². The topological polar surface area (TPSA) is 74.6 Å². The Labute approximate surface area is 116 Å². The highest BCUT2D eigenvalue weighted by molar-refractivity contribution is 5.67. The molecule has 0 aliphatic rings. The lowest BCUT2D eigenvalue weighted by Gasteiger charge is -2.21. The maximum absolute atomic E-state index is 10.9. The van der Waals surface area contributed by atoms with Crippen molar-refractivity contribution in [2.24, 2.45) is 11.8 Å². The third-order valence-electron chi connectivity index (χ3n) is 3.53. The average molecular weight is 272 g/mol. The van der Waals surface area contributed by atoms with E-state index in [0.717, 1.165) is 44.9 Å². The average Bonchev–Trinajstić information content (AvgIpc) is 2.31. The second-order valence-electron chi connectivity index (χ2n) is 5.45. The van der Waals surface area contributed by atoms with E-state index in [9.17, 15) is 9.59 Å². The van der Waals surface area contributed by atoms with Crippen LogP contribution in [0.5, 0.6) is 0 Å². The molecule has 2 N–H and O–H groups in total. The molecule has 0 aromatic carbocycles. The van der Waals surface area contributed by atoms with Gasteiger partial charge in [-0.05, 0) is 31.1 Å². The summed E-state index contributed by atoms with van der Waals surface area (Å²) < 4.78 is 0. The second-order valence-corrected chi connectivity index (χ2v) is 5.45. The molecule has 0 spiro atoms. The van der Waals surface area contributed by atoms with Crippen LogP contribution < -0.4 is 0 Å². The van der Waals surface area contributed by atoms with Crippen LogP contribution in [-0.2, 0) is 9.59 Å². The van der Waals surface area contributed by atoms with E-state index in [1.54, 1.807) is 0 Å². The first-order valence-electron chi connectivity index (χ1n) is 7.43. The predicted octanol–water partition coefficient (Wildman–Crippen LogP) is 3.94. The summed E-state index contributed by atoms with van der Waals surface area (Å²) in [5, 5.41) is 17.9. The normalized spacial score (nSPS) is 14.0. The van der Waals surface area contributed by atoms with Gasteiger partial charge in [0.05, 0.1) is 0 Å². The third kappa shape index (κ3) is 10.5. The summed E-state index contributed by atoms with van der Waals surface area (Å²) in [5.41, 5.74) is 0. The summed E-state index contributed by atoms with van der Waals surface area (Å²) >= 11 is 0. The van der Waals surface area contributed by atoms with Crippen LogP contribution in [0.4, 0.5) is 0 Å². The van der Waals surface area contributed by atoms with E-state index >= 15 is 0 Å². The number of hydrogen-bond donors (Lipinski definition) is 2. The van der Waals surface area contributed by atoms with Gasteiger partial charge in [-0.2, -0.15) is 0 Å². The molecule has 0 aromatic rings. The Morgan fingerprint density at radius 1 is 0.842 bits per heavy atom. The van der Waals surface area contributed by atoms with Gasteiger partial charge in [0.15, 0.2) is 0 Å². The van der Waals surface area contributed by atoms with Crippen LogP contribution >= 0.6 is 0 Å². The fourth-order valence-electron chi connectivity index (χ4n) is 2.56. The highest BCUT2D eigenvalue weighted by Crippen LogP contribution is 2.27. The zero-order valence-corrected chi connectivity index (χ0v) is 12.2. The zero-order valence-electron chi connectivity index (χ0n) is 12.2. The lowest BCUT2D eigenvalue weighted by atomic mass is 9.84. The first-order valence-corrected chi connectivity index (χ1v) is 7.43. The van der Waals surface area contributed by atoms with Gasteiger partial charge in [0, 0.05) is 12.8 Å². The van der Waals surface area contributed by atoms with Crippen molar-refractivity contribution in [1.82, 2.24) is 0 Å². The Bertz CT molecular complexity index is 237. The van der Waals surface area contributed by atoms with Crippen LogP contribution in [0.1, 0.15) is 71.6 Å². The van der Waals surface area contributed by atoms with E-state index in [4.69, 9.17) is 10.2 Å². The van der Waals surface area contributed by atoms with Crippen LogP contribution in [0.15, 0.2) is 0 Å². The monoisotopic (exact) mass is 272 g/mol. The van der Waals surface area contributed by atoms with Crippen LogP contribution in [-0.4, -0.2) is 22.2 Å². The number of carbonyl (C=O) groups is 2. The molecule has 4 heteroatoms. The molecule has 2 unspecified atom stereocenters. The van der Waals surface area contributed by atoms with Crippen molar-refractivity contribution in [2.45, 2.75) is 71.6 Å². The largest absolute Gasteiger partial charge is 0.481 e. The number of hydrogen-bond acceptors (Lipinski definition) is 2. The maximum atomic E-state index is 10.9. The Morgan fingerprint density at radius 2 is 1.21 bits per heavy atom. The van der Waals surface area contributed by atoms with Gasteiger partial charge in [-0.1, -0.05) is 39.5 Å². The van der Waals surface area contributed by atoms with E-state index in [1.165, 1.54) is 0 Å². The van der Waals surface area contributed by atoms with Crippen molar-refractivity contribution in [3.05, 3.63) is 0 Å². The first kappa shape index (κ1) is 17.9. The van der Waals surface area contributed by atoms with Crippen molar-refractivity contribution in [2.75, 3.05) is 0 Å². The highest BCUT2D eigenvalue weighted by atomic mass is 16.4. The molecule has 0 heterocycles. The van der Waals surface area contributed by atoms with Crippen LogP contribution in [0.25, 0.3) is 0 Å². The molecule has 2 atom stereocenters. The zero-order chi connectivity index (χ0) is 14.7. The number of carboxylic acids is 2. The SMILES string of the molecule is CCCCC(CC(=O)O)CC(CCCC)CC(=O)O. The highest BCUT2D eigenvalue weighted by Gasteiger charge is 2.20. The van der Waals surface area contributed by atoms with Gasteiger partial charge >= 0.3 is 11.9 Å². The van der Waals surface area contributed by atoms with Gasteiger partial charge in [-0.3, -0.25) is 9.59 Å². The molecule has 0 fully saturated rings. The molecule has 0 saturated heterocycles. The molecule has 19 heavy (non-hydrogen) atoms. The Morgan fingerprint density at radius 3 is 1.47 bits per heavy atom. The molecule has 0 aliphatic carbocycles. The van der Waals surface area contributed by atoms with Crippen molar-refractivity contribution in [3.63, 3.8) is 0 Å². The molecule has 0 radical (unpaired) electrons. The third-order valence-corrected chi connectivity index (χ3v) is 3.53. The van der Waals surface area contributed by atoms with E-state index in [-0.39, 0.29) is 24.7 Å². The van der Waals surface area contributed by atoms with E-state index in [1.807, 2.05) is 0 Å². The van der Waals surface area contributed by atoms with E-state index < -0.39 is 11.9 Å². The fraction of sp³-hybridized carbons (Fsp3) is 0.867. The van der Waals surface area contributed by atoms with Gasteiger partial charge in [0.25, 0.3) is 0 Å². The number of rotatable bonds is 12. The molecular weight excluding hydrogens is 244 g/mol. The van der Waals surface area contributed by atoms with Gasteiger partial charge in [-0.25, -0.2) is 0 Å². The molecule has 0 bridgehead atoms. The molecule has 4 nitrogen and oxygen atoms in total. The number of unbranched alkanes of at least 4 members (excludes halogenated alkanes) is 2. The Balaban J connectivity index is 4.41. The molecule has 0 rings (SSSR count). The van der Waals surface area contributed by atoms with E-state index in [2.05, 4.69) is 13.8 Å². The lowest BCUT2D eigenvalue weighted by molar-refractivity contribution is -0.138. The molecule has 0 aliphatic heterocycles. The summed E-state index contributed by atoms with van der Waals surface area (Å²) in [6.45, 7) is 4.17. The van der Waals surface area contributed by atoms with Crippen LogP contribution in [0, 0.1) is 11.8 Å². The predicted molar refractivity (Wildman–Crippen MR) is 75.2 cm³/mol.